The van der Waals surface area contributed by atoms with E-state index in [-0.39, 0.29) is 6.03 Å². The molecule has 1 fully saturated rings. The number of anilines is 1. The second kappa shape index (κ2) is 6.48. The van der Waals surface area contributed by atoms with Crippen molar-refractivity contribution in [1.82, 2.24) is 20.2 Å². The largest absolute Gasteiger partial charge is 0.369 e. The number of aromatic amines is 1. The van der Waals surface area contributed by atoms with Gasteiger partial charge in [0.15, 0.2) is 0 Å². The molecule has 6 nitrogen and oxygen atoms in total. The number of likely N-dealkylation sites (tertiary alicyclic amines) is 1. The Bertz CT molecular complexity index is 682. The highest BCUT2D eigenvalue weighted by atomic mass is 16.2. The van der Waals surface area contributed by atoms with Crippen LogP contribution in [0.15, 0.2) is 24.5 Å². The van der Waals surface area contributed by atoms with E-state index in [0.29, 0.717) is 18.5 Å². The Morgan fingerprint density at radius 1 is 1.52 bits per heavy atom. The molecule has 0 bridgehead atoms. The molecule has 1 saturated heterocycles. The summed E-state index contributed by atoms with van der Waals surface area (Å²) in [5, 5.41) is 4.03. The summed E-state index contributed by atoms with van der Waals surface area (Å²) in [6, 6.07) is 4.45. The first-order valence-electron chi connectivity index (χ1n) is 8.29. The summed E-state index contributed by atoms with van der Waals surface area (Å²) in [6.45, 7) is 6.46. The number of nitrogens with one attached hydrogen (secondary N) is 2. The van der Waals surface area contributed by atoms with Crippen LogP contribution in [0.5, 0.6) is 0 Å². The van der Waals surface area contributed by atoms with E-state index in [0.717, 1.165) is 36.2 Å². The third kappa shape index (κ3) is 2.98. The highest BCUT2D eigenvalue weighted by Gasteiger charge is 2.32. The molecule has 6 heteroatoms. The number of likely N-dealkylation sites (N-methyl/N-ethyl adjacent to an activating group) is 1. The molecule has 124 valence electrons. The van der Waals surface area contributed by atoms with Crippen LogP contribution < -0.4 is 10.2 Å². The molecule has 1 aliphatic rings. The van der Waals surface area contributed by atoms with Gasteiger partial charge >= 0.3 is 6.03 Å². The van der Waals surface area contributed by atoms with Crippen molar-refractivity contribution in [2.75, 3.05) is 31.6 Å². The smallest absolute Gasteiger partial charge is 0.317 e. The molecule has 23 heavy (non-hydrogen) atoms. The number of carbonyl (C=O) groups excluding carboxylic acids is 1. The van der Waals surface area contributed by atoms with E-state index in [4.69, 9.17) is 0 Å². The lowest BCUT2D eigenvalue weighted by molar-refractivity contribution is 0.162. The molecule has 3 heterocycles. The first-order chi connectivity index (χ1) is 11.1. The molecule has 3 rings (SSSR count). The average Bonchev–Trinajstić information content (AvgIpc) is 3.03. The minimum absolute atomic E-state index is 0.0410. The summed E-state index contributed by atoms with van der Waals surface area (Å²) >= 11 is 0. The Balaban J connectivity index is 1.83. The Hall–Kier alpha value is -2.24. The number of amides is 2. The number of pyridine rings is 1. The number of urea groups is 1. The molecule has 2 aromatic heterocycles. The van der Waals surface area contributed by atoms with Crippen LogP contribution >= 0.6 is 0 Å². The Labute approximate surface area is 136 Å². The molecule has 2 amide bonds. The van der Waals surface area contributed by atoms with Crippen LogP contribution in [0.25, 0.3) is 11.0 Å². The standard InChI is InChI=1S/C17H25N5O/c1-4-18-17(23)22-10-7-12(2)15(11-22)21(3)14-6-9-20-16-13(14)5-8-19-16/h5-6,8-9,12,15H,4,7,10-11H2,1-3H3,(H,18,23)(H,19,20). The van der Waals surface area contributed by atoms with Gasteiger partial charge in [-0.3, -0.25) is 0 Å². The Kier molecular flexibility index (Phi) is 4.41. The van der Waals surface area contributed by atoms with Crippen LogP contribution in [0, 0.1) is 5.92 Å². The fraction of sp³-hybridized carbons (Fsp3) is 0.529. The molecular weight excluding hydrogens is 290 g/mol. The maximum atomic E-state index is 12.2. The lowest BCUT2D eigenvalue weighted by Gasteiger charge is -2.42. The van der Waals surface area contributed by atoms with E-state index in [1.165, 1.54) is 0 Å². The van der Waals surface area contributed by atoms with E-state index in [2.05, 4.69) is 40.2 Å². The van der Waals surface area contributed by atoms with Gasteiger partial charge in [0, 0.05) is 56.2 Å². The topological polar surface area (TPSA) is 64.3 Å². The van der Waals surface area contributed by atoms with Crippen molar-refractivity contribution in [3.8, 4) is 0 Å². The minimum atomic E-state index is 0.0410. The molecule has 1 aliphatic heterocycles. The molecule has 0 saturated carbocycles. The summed E-state index contributed by atoms with van der Waals surface area (Å²) < 4.78 is 0. The van der Waals surface area contributed by atoms with Crippen molar-refractivity contribution < 1.29 is 4.79 Å². The monoisotopic (exact) mass is 315 g/mol. The van der Waals surface area contributed by atoms with Crippen molar-refractivity contribution >= 4 is 22.8 Å². The molecule has 0 radical (unpaired) electrons. The summed E-state index contributed by atoms with van der Waals surface area (Å²) in [5.74, 6) is 0.535. The minimum Gasteiger partial charge on any atom is -0.369 e. The van der Waals surface area contributed by atoms with Crippen LogP contribution in [-0.4, -0.2) is 53.6 Å². The zero-order valence-corrected chi connectivity index (χ0v) is 14.0. The van der Waals surface area contributed by atoms with Gasteiger partial charge in [-0.05, 0) is 31.4 Å². The third-order valence-corrected chi connectivity index (χ3v) is 4.85. The maximum absolute atomic E-state index is 12.2. The van der Waals surface area contributed by atoms with E-state index in [9.17, 15) is 4.79 Å². The van der Waals surface area contributed by atoms with Gasteiger partial charge in [-0.1, -0.05) is 6.92 Å². The van der Waals surface area contributed by atoms with Crippen LogP contribution in [0.2, 0.25) is 0 Å². The Morgan fingerprint density at radius 3 is 3.13 bits per heavy atom. The van der Waals surface area contributed by atoms with E-state index < -0.39 is 0 Å². The average molecular weight is 315 g/mol. The normalized spacial score (nSPS) is 21.4. The number of hydrogen-bond acceptors (Lipinski definition) is 3. The summed E-state index contributed by atoms with van der Waals surface area (Å²) in [7, 11) is 2.12. The third-order valence-electron chi connectivity index (χ3n) is 4.85. The van der Waals surface area contributed by atoms with Crippen molar-refractivity contribution in [3.05, 3.63) is 24.5 Å². The van der Waals surface area contributed by atoms with Crippen LogP contribution in [0.4, 0.5) is 10.5 Å². The second-order valence-corrected chi connectivity index (χ2v) is 6.30. The number of fused-ring (bicyclic) bond motifs is 1. The molecule has 0 aliphatic carbocycles. The lowest BCUT2D eigenvalue weighted by atomic mass is 9.92. The lowest BCUT2D eigenvalue weighted by Crippen LogP contribution is -2.54. The maximum Gasteiger partial charge on any atom is 0.317 e. The molecule has 0 aromatic carbocycles. The van der Waals surface area contributed by atoms with Crippen molar-refractivity contribution in [2.45, 2.75) is 26.3 Å². The molecule has 0 spiro atoms. The van der Waals surface area contributed by atoms with Crippen molar-refractivity contribution in [2.24, 2.45) is 5.92 Å². The van der Waals surface area contributed by atoms with Gasteiger partial charge in [-0.15, -0.1) is 0 Å². The molecule has 2 atom stereocenters. The summed E-state index contributed by atoms with van der Waals surface area (Å²) in [6.07, 6.45) is 4.77. The van der Waals surface area contributed by atoms with Gasteiger partial charge in [-0.2, -0.15) is 0 Å². The quantitative estimate of drug-likeness (QED) is 0.914. The van der Waals surface area contributed by atoms with Crippen LogP contribution in [0.3, 0.4) is 0 Å². The van der Waals surface area contributed by atoms with Crippen molar-refractivity contribution in [1.29, 1.82) is 0 Å². The second-order valence-electron chi connectivity index (χ2n) is 6.30. The molecule has 2 aromatic rings. The van der Waals surface area contributed by atoms with E-state index >= 15 is 0 Å². The summed E-state index contributed by atoms with van der Waals surface area (Å²) in [5.41, 5.74) is 2.06. The molecule has 2 N–H and O–H groups in total. The van der Waals surface area contributed by atoms with Crippen LogP contribution in [0.1, 0.15) is 20.3 Å². The number of H-pyrrole nitrogens is 1. The van der Waals surface area contributed by atoms with Gasteiger partial charge in [-0.25, -0.2) is 9.78 Å². The zero-order chi connectivity index (χ0) is 16.4. The van der Waals surface area contributed by atoms with Crippen molar-refractivity contribution in [3.63, 3.8) is 0 Å². The fourth-order valence-electron chi connectivity index (χ4n) is 3.43. The number of aromatic nitrogens is 2. The number of hydrogen-bond donors (Lipinski definition) is 2. The number of carbonyl (C=O) groups is 1. The highest BCUT2D eigenvalue weighted by molar-refractivity contribution is 5.89. The number of piperidine rings is 1. The highest BCUT2D eigenvalue weighted by Crippen LogP contribution is 2.30. The predicted octanol–water partition coefficient (Wildman–Crippen LogP) is 2.44. The SMILES string of the molecule is CCNC(=O)N1CCC(C)C(N(C)c2ccnc3[nH]ccc23)C1. The number of nitrogens with zero attached hydrogens (tertiary/aromatic N) is 3. The molecular formula is C17H25N5O. The first-order valence-corrected chi connectivity index (χ1v) is 8.29. The zero-order valence-electron chi connectivity index (χ0n) is 14.0. The number of rotatable bonds is 3. The van der Waals surface area contributed by atoms with Gasteiger partial charge in [0.2, 0.25) is 0 Å². The van der Waals surface area contributed by atoms with Gasteiger partial charge in [0.25, 0.3) is 0 Å². The first kappa shape index (κ1) is 15.6. The van der Waals surface area contributed by atoms with E-state index in [1.54, 1.807) is 0 Å². The summed E-state index contributed by atoms with van der Waals surface area (Å²) in [4.78, 5) is 23.9. The van der Waals surface area contributed by atoms with Gasteiger partial charge in [0.05, 0.1) is 0 Å². The Morgan fingerprint density at radius 2 is 2.35 bits per heavy atom. The molecule has 2 unspecified atom stereocenters. The van der Waals surface area contributed by atoms with Gasteiger partial charge in [0.1, 0.15) is 5.65 Å². The van der Waals surface area contributed by atoms with Gasteiger partial charge < -0.3 is 20.1 Å². The fourth-order valence-corrected chi connectivity index (χ4v) is 3.43. The van der Waals surface area contributed by atoms with Crippen LogP contribution in [-0.2, 0) is 0 Å². The predicted molar refractivity (Wildman–Crippen MR) is 92.7 cm³/mol. The van der Waals surface area contributed by atoms with E-state index in [1.807, 2.05) is 30.3 Å².